The number of hydrogen-bond acceptors (Lipinski definition) is 13. The molecule has 0 radical (unpaired) electrons. The van der Waals surface area contributed by atoms with Crippen LogP contribution in [0.4, 0.5) is 0 Å². The van der Waals surface area contributed by atoms with Crippen LogP contribution in [0, 0.1) is 16.7 Å². The van der Waals surface area contributed by atoms with Crippen LogP contribution >= 0.6 is 11.8 Å². The molecule has 0 aliphatic carbocycles. The Morgan fingerprint density at radius 2 is 1.17 bits per heavy atom. The lowest BCUT2D eigenvalue weighted by Crippen LogP contribution is -2.54. The standard InChI is InChI=1S/C41H72N6O12S/c1-28(36(52)43-27-60-26-32(48)41(7,8)9)45-38(54)30(3)46-37(53)29(2)44-34(50)14-17-56-19-21-58-23-24-59-22-20-57-18-15-42-33(49)13-11-10-12-16-47-35(51)25-31(39(47)55)40(4,5)6/h28-31H,10-27H2,1-9H3,(H,42,49)(H,43,52)(H,44,50)(H,45,54)(H,46,53)/t28-,29-,30+,31?/m0/s1. The molecule has 1 unspecified atom stereocenters. The average Bonchev–Trinajstić information content (AvgIpc) is 3.46. The van der Waals surface area contributed by atoms with Crippen LogP contribution in [0.3, 0.4) is 0 Å². The van der Waals surface area contributed by atoms with E-state index in [9.17, 15) is 38.4 Å². The molecule has 344 valence electrons. The first kappa shape index (κ1) is 54.4. The summed E-state index contributed by atoms with van der Waals surface area (Å²) in [5.74, 6) is -1.97. The van der Waals surface area contributed by atoms with E-state index in [1.54, 1.807) is 0 Å². The van der Waals surface area contributed by atoms with Gasteiger partial charge in [0.05, 0.1) is 70.4 Å². The number of nitrogens with zero attached hydrogens (tertiary/aromatic N) is 1. The third-order valence-corrected chi connectivity index (χ3v) is 10.2. The summed E-state index contributed by atoms with van der Waals surface area (Å²) in [6.07, 6.45) is 2.76. The molecule has 0 aromatic rings. The molecule has 0 spiro atoms. The van der Waals surface area contributed by atoms with Gasteiger partial charge in [-0.05, 0) is 39.0 Å². The summed E-state index contributed by atoms with van der Waals surface area (Å²) in [7, 11) is 0. The number of hydrogen-bond donors (Lipinski definition) is 5. The van der Waals surface area contributed by atoms with E-state index in [0.717, 1.165) is 6.42 Å². The number of thioether (sulfide) groups is 1. The summed E-state index contributed by atoms with van der Waals surface area (Å²) < 4.78 is 21.8. The number of ether oxygens (including phenoxy) is 4. The molecule has 1 heterocycles. The molecule has 4 atom stereocenters. The zero-order chi connectivity index (χ0) is 45.3. The second-order valence-corrected chi connectivity index (χ2v) is 17.8. The molecule has 19 heteroatoms. The van der Waals surface area contributed by atoms with Crippen LogP contribution in [0.2, 0.25) is 0 Å². The lowest BCUT2D eigenvalue weighted by atomic mass is 9.80. The summed E-state index contributed by atoms with van der Waals surface area (Å²) in [5, 5.41) is 13.1. The molecule has 1 rings (SSSR count). The van der Waals surface area contributed by atoms with E-state index in [1.807, 2.05) is 41.5 Å². The Bertz CT molecular complexity index is 1400. The molecular weight excluding hydrogens is 801 g/mol. The number of ketones is 1. The second kappa shape index (κ2) is 28.8. The van der Waals surface area contributed by atoms with Gasteiger partial charge in [0.1, 0.15) is 23.9 Å². The zero-order valence-corrected chi connectivity index (χ0v) is 38.1. The molecule has 18 nitrogen and oxygen atoms in total. The predicted octanol–water partition coefficient (Wildman–Crippen LogP) is 1.48. The molecular formula is C41H72N6O12S. The van der Waals surface area contributed by atoms with Crippen molar-refractivity contribution in [3.05, 3.63) is 0 Å². The lowest BCUT2D eigenvalue weighted by Gasteiger charge is -2.24. The van der Waals surface area contributed by atoms with Crippen LogP contribution in [0.1, 0.15) is 101 Å². The number of carbonyl (C=O) groups is 8. The van der Waals surface area contributed by atoms with Crippen LogP contribution in [-0.4, -0.2) is 148 Å². The van der Waals surface area contributed by atoms with Crippen molar-refractivity contribution in [1.82, 2.24) is 31.5 Å². The predicted molar refractivity (Wildman–Crippen MR) is 226 cm³/mol. The van der Waals surface area contributed by atoms with E-state index in [4.69, 9.17) is 18.9 Å². The molecule has 1 fully saturated rings. The minimum Gasteiger partial charge on any atom is -0.379 e. The molecule has 0 aromatic heterocycles. The normalized spacial score (nSPS) is 15.9. The monoisotopic (exact) mass is 872 g/mol. The maximum absolute atomic E-state index is 12.6. The Kier molecular flexibility index (Phi) is 26.1. The number of amides is 7. The van der Waals surface area contributed by atoms with E-state index < -0.39 is 47.2 Å². The molecule has 7 amide bonds. The number of Topliss-reactive ketones (excluding diaryl/α,β-unsaturated/α-hetero) is 1. The number of likely N-dealkylation sites (tertiary alicyclic amines) is 1. The van der Waals surface area contributed by atoms with E-state index >= 15 is 0 Å². The average molecular weight is 873 g/mol. The van der Waals surface area contributed by atoms with Crippen molar-refractivity contribution >= 4 is 58.9 Å². The van der Waals surface area contributed by atoms with Gasteiger partial charge in [0.25, 0.3) is 0 Å². The number of rotatable bonds is 31. The quantitative estimate of drug-likeness (QED) is 0.0378. The zero-order valence-electron chi connectivity index (χ0n) is 37.3. The van der Waals surface area contributed by atoms with Crippen molar-refractivity contribution < 1.29 is 57.3 Å². The first-order valence-electron chi connectivity index (χ1n) is 20.9. The smallest absolute Gasteiger partial charge is 0.242 e. The minimum absolute atomic E-state index is 0.0151. The highest BCUT2D eigenvalue weighted by Gasteiger charge is 2.44. The summed E-state index contributed by atoms with van der Waals surface area (Å²) in [5.41, 5.74) is -0.696. The highest BCUT2D eigenvalue weighted by Crippen LogP contribution is 2.35. The fourth-order valence-electron chi connectivity index (χ4n) is 5.43. The molecule has 0 aromatic carbocycles. The number of unbranched alkanes of at least 4 members (excludes halogenated alkanes) is 2. The van der Waals surface area contributed by atoms with E-state index in [0.29, 0.717) is 72.0 Å². The van der Waals surface area contributed by atoms with Crippen LogP contribution in [-0.2, 0) is 57.3 Å². The topological polar surface area (TPSA) is 237 Å². The van der Waals surface area contributed by atoms with Crippen molar-refractivity contribution in [2.75, 3.05) is 77.6 Å². The summed E-state index contributed by atoms with van der Waals surface area (Å²) in [4.78, 5) is 99.9. The Morgan fingerprint density at radius 3 is 1.70 bits per heavy atom. The second-order valence-electron chi connectivity index (χ2n) is 16.8. The van der Waals surface area contributed by atoms with Crippen LogP contribution in [0.25, 0.3) is 0 Å². The third-order valence-electron chi connectivity index (χ3n) is 9.43. The van der Waals surface area contributed by atoms with Crippen LogP contribution in [0.15, 0.2) is 0 Å². The highest BCUT2D eigenvalue weighted by molar-refractivity contribution is 7.99. The van der Waals surface area contributed by atoms with E-state index in [-0.39, 0.29) is 72.5 Å². The third kappa shape index (κ3) is 23.4. The summed E-state index contributed by atoms with van der Waals surface area (Å²) in [6.45, 7) is 19.1. The molecule has 5 N–H and O–H groups in total. The fraction of sp³-hybridized carbons (Fsp3) is 0.805. The first-order valence-corrected chi connectivity index (χ1v) is 22.0. The molecule has 1 aliphatic rings. The summed E-state index contributed by atoms with van der Waals surface area (Å²) >= 11 is 1.27. The fourth-order valence-corrected chi connectivity index (χ4v) is 6.39. The largest absolute Gasteiger partial charge is 0.379 e. The number of carbonyl (C=O) groups excluding carboxylic acids is 8. The van der Waals surface area contributed by atoms with Gasteiger partial charge in [-0.2, -0.15) is 0 Å². The van der Waals surface area contributed by atoms with E-state index in [2.05, 4.69) is 26.6 Å². The van der Waals surface area contributed by atoms with Crippen molar-refractivity contribution in [1.29, 1.82) is 0 Å². The van der Waals surface area contributed by atoms with Crippen LogP contribution < -0.4 is 26.6 Å². The molecule has 0 saturated carbocycles. The SMILES string of the molecule is C[C@H](NC(=O)CCOCCOCCOCCOCCNC(=O)CCCCCN1C(=O)CC(C(C)(C)C)C1=O)C(=O)N[C@H](C)C(=O)N[C@@H](C)C(=O)NCSCC(=O)C(C)(C)C. The van der Waals surface area contributed by atoms with Gasteiger partial charge in [-0.3, -0.25) is 43.3 Å². The van der Waals surface area contributed by atoms with Gasteiger partial charge in [0.15, 0.2) is 0 Å². The maximum Gasteiger partial charge on any atom is 0.242 e. The highest BCUT2D eigenvalue weighted by atomic mass is 32.2. The van der Waals surface area contributed by atoms with Crippen molar-refractivity contribution in [3.63, 3.8) is 0 Å². The van der Waals surface area contributed by atoms with Gasteiger partial charge in [0.2, 0.25) is 41.4 Å². The van der Waals surface area contributed by atoms with Gasteiger partial charge in [-0.1, -0.05) is 48.0 Å². The van der Waals surface area contributed by atoms with Crippen LogP contribution in [0.5, 0.6) is 0 Å². The lowest BCUT2D eigenvalue weighted by molar-refractivity contribution is -0.140. The van der Waals surface area contributed by atoms with Gasteiger partial charge in [-0.25, -0.2) is 0 Å². The minimum atomic E-state index is -0.966. The Balaban J connectivity index is 1.99. The van der Waals surface area contributed by atoms with Crippen molar-refractivity contribution in [2.45, 2.75) is 119 Å². The Morgan fingerprint density at radius 1 is 0.650 bits per heavy atom. The van der Waals surface area contributed by atoms with Gasteiger partial charge < -0.3 is 45.5 Å². The Labute approximate surface area is 360 Å². The van der Waals surface area contributed by atoms with Crippen molar-refractivity contribution in [3.8, 4) is 0 Å². The molecule has 1 aliphatic heterocycles. The van der Waals surface area contributed by atoms with E-state index in [1.165, 1.54) is 37.4 Å². The summed E-state index contributed by atoms with van der Waals surface area (Å²) in [6, 6.07) is -2.75. The molecule has 0 bridgehead atoms. The number of nitrogens with one attached hydrogen (secondary N) is 5. The molecule has 60 heavy (non-hydrogen) atoms. The Hall–Kier alpha value is -3.65. The van der Waals surface area contributed by atoms with Gasteiger partial charge >= 0.3 is 0 Å². The van der Waals surface area contributed by atoms with Gasteiger partial charge in [0, 0.05) is 37.8 Å². The maximum atomic E-state index is 12.6. The van der Waals surface area contributed by atoms with Crippen molar-refractivity contribution in [2.24, 2.45) is 16.7 Å². The van der Waals surface area contributed by atoms with Gasteiger partial charge in [-0.15, -0.1) is 11.8 Å². The first-order chi connectivity index (χ1) is 28.1. The molecule has 1 saturated heterocycles. The number of imide groups is 1.